The maximum absolute atomic E-state index is 11.9. The Labute approximate surface area is 116 Å². The number of rotatable bonds is 5. The molecule has 4 nitrogen and oxygen atoms in total. The number of anilines is 1. The molecule has 1 aromatic rings. The molecule has 2 N–H and O–H groups in total. The fourth-order valence-corrected chi connectivity index (χ4v) is 1.66. The minimum atomic E-state index is -0.0551. The van der Waals surface area contributed by atoms with Gasteiger partial charge in [0.1, 0.15) is 0 Å². The third-order valence-electron chi connectivity index (χ3n) is 2.56. The Balaban J connectivity index is 2.63. The largest absolute Gasteiger partial charge is 0.325 e. The average Bonchev–Trinajstić information content (AvgIpc) is 2.27. The van der Waals surface area contributed by atoms with Crippen LogP contribution in [-0.4, -0.2) is 37.0 Å². The maximum atomic E-state index is 11.9. The standard InChI is InChI=1S/C15H25N3O/c1-15(2,3)16-10-14(19)17-13-9-7-6-8-12(13)11-18(4)5/h6-9,16H,10-11H2,1-5H3,(H,17,19). The Morgan fingerprint density at radius 1 is 1.21 bits per heavy atom. The van der Waals surface area contributed by atoms with Crippen molar-refractivity contribution in [2.24, 2.45) is 0 Å². The lowest BCUT2D eigenvalue weighted by Gasteiger charge is -2.20. The number of nitrogens with one attached hydrogen (secondary N) is 2. The second kappa shape index (κ2) is 6.68. The lowest BCUT2D eigenvalue weighted by molar-refractivity contribution is -0.115. The highest BCUT2D eigenvalue weighted by atomic mass is 16.1. The van der Waals surface area contributed by atoms with E-state index in [1.165, 1.54) is 0 Å². The molecule has 0 saturated heterocycles. The summed E-state index contributed by atoms with van der Waals surface area (Å²) in [6.07, 6.45) is 0. The van der Waals surface area contributed by atoms with Gasteiger partial charge in [-0.25, -0.2) is 0 Å². The molecule has 4 heteroatoms. The molecule has 0 heterocycles. The van der Waals surface area contributed by atoms with Gasteiger partial charge in [0.15, 0.2) is 0 Å². The van der Waals surface area contributed by atoms with Crippen LogP contribution in [0.5, 0.6) is 0 Å². The molecule has 0 bridgehead atoms. The van der Waals surface area contributed by atoms with Crippen molar-refractivity contribution in [3.8, 4) is 0 Å². The van der Waals surface area contributed by atoms with Gasteiger partial charge in [0.05, 0.1) is 6.54 Å². The van der Waals surface area contributed by atoms with E-state index in [-0.39, 0.29) is 11.4 Å². The zero-order valence-corrected chi connectivity index (χ0v) is 12.6. The molecule has 1 amide bonds. The first kappa shape index (κ1) is 15.7. The molecule has 0 atom stereocenters. The van der Waals surface area contributed by atoms with E-state index in [1.54, 1.807) is 0 Å². The van der Waals surface area contributed by atoms with Gasteiger partial charge in [-0.2, -0.15) is 0 Å². The fourth-order valence-electron chi connectivity index (χ4n) is 1.66. The Hall–Kier alpha value is -1.39. The molecule has 0 radical (unpaired) electrons. The molecule has 0 aromatic heterocycles. The first-order valence-electron chi connectivity index (χ1n) is 6.55. The zero-order chi connectivity index (χ0) is 14.5. The molecule has 0 unspecified atom stereocenters. The van der Waals surface area contributed by atoms with Gasteiger partial charge in [0, 0.05) is 17.8 Å². The van der Waals surface area contributed by atoms with Crippen LogP contribution in [0.25, 0.3) is 0 Å². The Morgan fingerprint density at radius 3 is 2.42 bits per heavy atom. The van der Waals surface area contributed by atoms with Crippen molar-refractivity contribution in [3.05, 3.63) is 29.8 Å². The summed E-state index contributed by atoms with van der Waals surface area (Å²) in [5.74, 6) is -0.0128. The molecule has 0 saturated carbocycles. The second-order valence-electron chi connectivity index (χ2n) is 6.05. The Morgan fingerprint density at radius 2 is 1.84 bits per heavy atom. The maximum Gasteiger partial charge on any atom is 0.238 e. The van der Waals surface area contributed by atoms with Crippen molar-refractivity contribution in [2.45, 2.75) is 32.9 Å². The van der Waals surface area contributed by atoms with E-state index in [0.29, 0.717) is 6.54 Å². The van der Waals surface area contributed by atoms with Crippen LogP contribution >= 0.6 is 0 Å². The summed E-state index contributed by atoms with van der Waals surface area (Å²) in [5, 5.41) is 6.14. The van der Waals surface area contributed by atoms with Gasteiger partial charge >= 0.3 is 0 Å². The molecule has 106 valence electrons. The smallest absolute Gasteiger partial charge is 0.238 e. The van der Waals surface area contributed by atoms with Crippen LogP contribution in [0.3, 0.4) is 0 Å². The van der Waals surface area contributed by atoms with E-state index in [9.17, 15) is 4.79 Å². The molecule has 0 aliphatic carbocycles. The normalized spacial score (nSPS) is 11.7. The summed E-state index contributed by atoms with van der Waals surface area (Å²) in [7, 11) is 4.03. The summed E-state index contributed by atoms with van der Waals surface area (Å²) in [6, 6.07) is 7.90. The monoisotopic (exact) mass is 263 g/mol. The van der Waals surface area contributed by atoms with Crippen LogP contribution in [-0.2, 0) is 11.3 Å². The Bertz CT molecular complexity index is 422. The minimum absolute atomic E-state index is 0.0128. The fraction of sp³-hybridized carbons (Fsp3) is 0.533. The lowest BCUT2D eigenvalue weighted by Crippen LogP contribution is -2.41. The first-order chi connectivity index (χ1) is 8.78. The summed E-state index contributed by atoms with van der Waals surface area (Å²) in [6.45, 7) is 7.25. The molecule has 0 aliphatic heterocycles. The number of benzene rings is 1. The third-order valence-corrected chi connectivity index (χ3v) is 2.56. The molecule has 0 spiro atoms. The van der Waals surface area contributed by atoms with E-state index in [2.05, 4.69) is 15.5 Å². The summed E-state index contributed by atoms with van der Waals surface area (Å²) < 4.78 is 0. The van der Waals surface area contributed by atoms with E-state index in [4.69, 9.17) is 0 Å². The Kier molecular flexibility index (Phi) is 5.51. The quantitative estimate of drug-likeness (QED) is 0.855. The van der Waals surface area contributed by atoms with Crippen LogP contribution in [0.2, 0.25) is 0 Å². The van der Waals surface area contributed by atoms with Crippen molar-refractivity contribution < 1.29 is 4.79 Å². The predicted octanol–water partition coefficient (Wildman–Crippen LogP) is 2.07. The third kappa shape index (κ3) is 6.36. The van der Waals surface area contributed by atoms with Crippen molar-refractivity contribution in [1.82, 2.24) is 10.2 Å². The van der Waals surface area contributed by atoms with Crippen molar-refractivity contribution in [2.75, 3.05) is 26.0 Å². The molecule has 1 rings (SSSR count). The van der Waals surface area contributed by atoms with Crippen LogP contribution in [0.15, 0.2) is 24.3 Å². The van der Waals surface area contributed by atoms with Gasteiger partial charge in [0.25, 0.3) is 0 Å². The molecule has 1 aromatic carbocycles. The lowest BCUT2D eigenvalue weighted by atomic mass is 10.1. The second-order valence-corrected chi connectivity index (χ2v) is 6.05. The first-order valence-corrected chi connectivity index (χ1v) is 6.55. The summed E-state index contributed by atoms with van der Waals surface area (Å²) in [5.41, 5.74) is 1.95. The van der Waals surface area contributed by atoms with E-state index in [1.807, 2.05) is 59.1 Å². The number of nitrogens with zero attached hydrogens (tertiary/aromatic N) is 1. The number of carbonyl (C=O) groups is 1. The minimum Gasteiger partial charge on any atom is -0.325 e. The topological polar surface area (TPSA) is 44.4 Å². The molecule has 19 heavy (non-hydrogen) atoms. The number of hydrogen-bond donors (Lipinski definition) is 2. The highest BCUT2D eigenvalue weighted by Gasteiger charge is 2.12. The number of amides is 1. The van der Waals surface area contributed by atoms with Gasteiger partial charge < -0.3 is 15.5 Å². The zero-order valence-electron chi connectivity index (χ0n) is 12.6. The predicted molar refractivity (Wildman–Crippen MR) is 80.2 cm³/mol. The van der Waals surface area contributed by atoms with E-state index in [0.717, 1.165) is 17.8 Å². The highest BCUT2D eigenvalue weighted by Crippen LogP contribution is 2.16. The van der Waals surface area contributed by atoms with E-state index < -0.39 is 0 Å². The average molecular weight is 263 g/mol. The number of hydrogen-bond acceptors (Lipinski definition) is 3. The SMILES string of the molecule is CN(C)Cc1ccccc1NC(=O)CNC(C)(C)C. The van der Waals surface area contributed by atoms with Gasteiger partial charge in [-0.3, -0.25) is 4.79 Å². The molecular formula is C15H25N3O. The van der Waals surface area contributed by atoms with Gasteiger partial charge in [-0.05, 0) is 46.5 Å². The van der Waals surface area contributed by atoms with Crippen molar-refractivity contribution in [3.63, 3.8) is 0 Å². The van der Waals surface area contributed by atoms with Crippen LogP contribution < -0.4 is 10.6 Å². The van der Waals surface area contributed by atoms with Gasteiger partial charge in [-0.1, -0.05) is 18.2 Å². The molecule has 0 aliphatic rings. The van der Waals surface area contributed by atoms with Crippen molar-refractivity contribution >= 4 is 11.6 Å². The van der Waals surface area contributed by atoms with Crippen molar-refractivity contribution in [1.29, 1.82) is 0 Å². The summed E-state index contributed by atoms with van der Waals surface area (Å²) in [4.78, 5) is 14.0. The van der Waals surface area contributed by atoms with Gasteiger partial charge in [-0.15, -0.1) is 0 Å². The van der Waals surface area contributed by atoms with E-state index >= 15 is 0 Å². The van der Waals surface area contributed by atoms with Gasteiger partial charge in [0.2, 0.25) is 5.91 Å². The highest BCUT2D eigenvalue weighted by molar-refractivity contribution is 5.93. The van der Waals surface area contributed by atoms with Crippen LogP contribution in [0.4, 0.5) is 5.69 Å². The molecular weight excluding hydrogens is 238 g/mol. The van der Waals surface area contributed by atoms with Crippen LogP contribution in [0, 0.1) is 0 Å². The number of carbonyl (C=O) groups excluding carboxylic acids is 1. The van der Waals surface area contributed by atoms with Crippen LogP contribution in [0.1, 0.15) is 26.3 Å². The number of para-hydroxylation sites is 1. The summed E-state index contributed by atoms with van der Waals surface area (Å²) >= 11 is 0. The molecule has 0 fully saturated rings.